The van der Waals surface area contributed by atoms with Crippen molar-refractivity contribution < 1.29 is 37.9 Å². The zero-order chi connectivity index (χ0) is 40.3. The number of ether oxygens (including phenoxy) is 2. The van der Waals surface area contributed by atoms with E-state index in [4.69, 9.17) is 19.3 Å². The molecular weight excluding hydrogens is 711 g/mol. The Labute approximate surface area is 338 Å². The lowest BCUT2D eigenvalue weighted by Crippen LogP contribution is -2.29. The first-order valence-electron chi connectivity index (χ1n) is 22.8. The number of carbonyl (C=O) groups is 2. The third kappa shape index (κ3) is 44.8. The van der Waals surface area contributed by atoms with Crippen LogP contribution in [0.5, 0.6) is 0 Å². The van der Waals surface area contributed by atoms with Gasteiger partial charge in [-0.2, -0.15) is 0 Å². The van der Waals surface area contributed by atoms with E-state index in [0.29, 0.717) is 6.42 Å². The summed E-state index contributed by atoms with van der Waals surface area (Å²) < 4.78 is 26.4. The van der Waals surface area contributed by atoms with Crippen molar-refractivity contribution in [2.45, 2.75) is 232 Å². The summed E-state index contributed by atoms with van der Waals surface area (Å²) in [6.45, 7) is 3.68. The van der Waals surface area contributed by atoms with E-state index in [2.05, 4.69) is 54.8 Å². The minimum Gasteiger partial charge on any atom is -0.462 e. The van der Waals surface area contributed by atoms with Gasteiger partial charge < -0.3 is 19.3 Å². The van der Waals surface area contributed by atoms with Gasteiger partial charge in [0.2, 0.25) is 0 Å². The molecule has 0 rings (SSSR count). The van der Waals surface area contributed by atoms with Crippen molar-refractivity contribution in [2.75, 3.05) is 13.2 Å². The van der Waals surface area contributed by atoms with Gasteiger partial charge in [-0.15, -0.1) is 0 Å². The highest BCUT2D eigenvalue weighted by atomic mass is 31.2. The van der Waals surface area contributed by atoms with Crippen molar-refractivity contribution in [2.24, 2.45) is 0 Å². The molecule has 0 aliphatic carbocycles. The number of phosphoric acid groups is 1. The lowest BCUT2D eigenvalue weighted by molar-refractivity contribution is -0.161. The standard InChI is InChI=1S/C46H85O8P/c1-3-5-7-9-11-13-15-17-19-21-23-25-26-28-30-32-34-36-38-40-45(47)52-42-44(43-53-55(49,50)51)54-46(48)41-39-37-35-33-31-29-27-24-22-20-18-16-14-12-10-8-6-4-2/h14,16-17,19-20,22,44H,3-13,15,18,21,23-43H2,1-2H3,(H2,49,50,51)/b16-14-,19-17-,22-20-. The average molecular weight is 797 g/mol. The van der Waals surface area contributed by atoms with E-state index in [9.17, 15) is 14.2 Å². The van der Waals surface area contributed by atoms with E-state index in [0.717, 1.165) is 51.4 Å². The summed E-state index contributed by atoms with van der Waals surface area (Å²) in [7, 11) is -4.76. The van der Waals surface area contributed by atoms with Crippen molar-refractivity contribution in [3.63, 3.8) is 0 Å². The van der Waals surface area contributed by atoms with Gasteiger partial charge in [0, 0.05) is 12.8 Å². The van der Waals surface area contributed by atoms with Crippen LogP contribution in [0.4, 0.5) is 0 Å². The van der Waals surface area contributed by atoms with Crippen LogP contribution in [-0.4, -0.2) is 41.0 Å². The van der Waals surface area contributed by atoms with E-state index < -0.39 is 32.5 Å². The molecule has 0 fully saturated rings. The Morgan fingerprint density at radius 3 is 1.24 bits per heavy atom. The minimum atomic E-state index is -4.76. The molecule has 55 heavy (non-hydrogen) atoms. The topological polar surface area (TPSA) is 119 Å². The first-order valence-corrected chi connectivity index (χ1v) is 24.3. The minimum absolute atomic E-state index is 0.203. The predicted octanol–water partition coefficient (Wildman–Crippen LogP) is 14.1. The lowest BCUT2D eigenvalue weighted by Gasteiger charge is -2.18. The molecule has 0 spiro atoms. The highest BCUT2D eigenvalue weighted by Crippen LogP contribution is 2.36. The SMILES string of the molecule is CCCCCC/C=C\C/C=C\CCCCCCCCCC(=O)OC(COC(=O)CCCCCCCCCCC/C=C\CCCCCCCC)COP(=O)(O)O. The van der Waals surface area contributed by atoms with Gasteiger partial charge in [-0.1, -0.05) is 179 Å². The molecule has 9 heteroatoms. The molecule has 2 N–H and O–H groups in total. The van der Waals surface area contributed by atoms with Crippen molar-refractivity contribution in [3.05, 3.63) is 36.5 Å². The third-order valence-electron chi connectivity index (χ3n) is 9.88. The fraction of sp³-hybridized carbons (Fsp3) is 0.826. The van der Waals surface area contributed by atoms with Crippen molar-refractivity contribution in [3.8, 4) is 0 Å². The van der Waals surface area contributed by atoms with Crippen molar-refractivity contribution in [1.82, 2.24) is 0 Å². The number of phosphoric ester groups is 1. The average Bonchev–Trinajstić information content (AvgIpc) is 3.16. The Morgan fingerprint density at radius 2 is 0.818 bits per heavy atom. The molecule has 0 aromatic carbocycles. The van der Waals surface area contributed by atoms with Crippen LogP contribution in [0.25, 0.3) is 0 Å². The van der Waals surface area contributed by atoms with Crippen LogP contribution < -0.4 is 0 Å². The van der Waals surface area contributed by atoms with Gasteiger partial charge in [0.05, 0.1) is 6.61 Å². The van der Waals surface area contributed by atoms with Crippen molar-refractivity contribution >= 4 is 19.8 Å². The molecule has 0 aliphatic heterocycles. The number of hydrogen-bond acceptors (Lipinski definition) is 6. The van der Waals surface area contributed by atoms with Gasteiger partial charge in [-0.05, 0) is 70.6 Å². The molecule has 0 heterocycles. The largest absolute Gasteiger partial charge is 0.469 e. The summed E-state index contributed by atoms with van der Waals surface area (Å²) >= 11 is 0. The fourth-order valence-electron chi connectivity index (χ4n) is 6.46. The van der Waals surface area contributed by atoms with Gasteiger partial charge >= 0.3 is 19.8 Å². The second-order valence-corrected chi connectivity index (χ2v) is 16.6. The van der Waals surface area contributed by atoms with E-state index in [1.165, 1.54) is 141 Å². The Bertz CT molecular complexity index is 988. The highest BCUT2D eigenvalue weighted by molar-refractivity contribution is 7.46. The Hall–Kier alpha value is -1.73. The maximum absolute atomic E-state index is 12.4. The summed E-state index contributed by atoms with van der Waals surface area (Å²) in [4.78, 5) is 43.0. The smallest absolute Gasteiger partial charge is 0.462 e. The van der Waals surface area contributed by atoms with Crippen LogP contribution in [-0.2, 0) is 28.2 Å². The number of carbonyl (C=O) groups excluding carboxylic acids is 2. The number of unbranched alkanes of at least 4 members (excludes halogenated alkanes) is 26. The van der Waals surface area contributed by atoms with Crippen molar-refractivity contribution in [1.29, 1.82) is 0 Å². The quantitative estimate of drug-likeness (QED) is 0.0271. The molecule has 0 aromatic heterocycles. The van der Waals surface area contributed by atoms with Gasteiger partial charge in [-0.25, -0.2) is 4.57 Å². The second-order valence-electron chi connectivity index (χ2n) is 15.4. The fourth-order valence-corrected chi connectivity index (χ4v) is 6.82. The van der Waals surface area contributed by atoms with E-state index >= 15 is 0 Å². The maximum atomic E-state index is 12.4. The third-order valence-corrected chi connectivity index (χ3v) is 10.4. The molecule has 322 valence electrons. The van der Waals surface area contributed by atoms with Gasteiger partial charge in [0.15, 0.2) is 6.10 Å². The normalized spacial score (nSPS) is 12.7. The molecular formula is C46H85O8P. The summed E-state index contributed by atoms with van der Waals surface area (Å²) in [5, 5.41) is 0. The van der Waals surface area contributed by atoms with Crippen LogP contribution in [0.3, 0.4) is 0 Å². The zero-order valence-corrected chi connectivity index (χ0v) is 36.5. The molecule has 0 aliphatic rings. The summed E-state index contributed by atoms with van der Waals surface area (Å²) in [5.41, 5.74) is 0. The molecule has 0 bridgehead atoms. The molecule has 0 saturated heterocycles. The van der Waals surface area contributed by atoms with Gasteiger partial charge in [-0.3, -0.25) is 14.1 Å². The molecule has 0 radical (unpaired) electrons. The van der Waals surface area contributed by atoms with Gasteiger partial charge in [0.1, 0.15) is 6.61 Å². The Morgan fingerprint density at radius 1 is 0.473 bits per heavy atom. The summed E-state index contributed by atoms with van der Waals surface area (Å²) in [6, 6.07) is 0. The Balaban J connectivity index is 3.88. The Kier molecular flexibility index (Phi) is 40.6. The number of hydrogen-bond donors (Lipinski definition) is 2. The molecule has 8 nitrogen and oxygen atoms in total. The monoisotopic (exact) mass is 797 g/mol. The predicted molar refractivity (Wildman–Crippen MR) is 230 cm³/mol. The highest BCUT2D eigenvalue weighted by Gasteiger charge is 2.22. The van der Waals surface area contributed by atoms with Crippen LogP contribution in [0.15, 0.2) is 36.5 Å². The molecule has 0 amide bonds. The van der Waals surface area contributed by atoms with Crippen LogP contribution in [0, 0.1) is 0 Å². The molecule has 1 unspecified atom stereocenters. The first-order chi connectivity index (χ1) is 26.8. The van der Waals surface area contributed by atoms with E-state index in [1.807, 2.05) is 0 Å². The van der Waals surface area contributed by atoms with Gasteiger partial charge in [0.25, 0.3) is 0 Å². The molecule has 1 atom stereocenters. The number of rotatable bonds is 42. The second kappa shape index (κ2) is 41.9. The lowest BCUT2D eigenvalue weighted by atomic mass is 10.1. The zero-order valence-electron chi connectivity index (χ0n) is 35.6. The number of esters is 2. The number of allylic oxidation sites excluding steroid dienone is 6. The van der Waals surface area contributed by atoms with E-state index in [1.54, 1.807) is 0 Å². The molecule has 0 saturated carbocycles. The van der Waals surface area contributed by atoms with E-state index in [-0.39, 0.29) is 19.4 Å². The first kappa shape index (κ1) is 53.3. The maximum Gasteiger partial charge on any atom is 0.469 e. The summed E-state index contributed by atoms with van der Waals surface area (Å²) in [6.07, 6.45) is 50.0. The van der Waals surface area contributed by atoms with Crippen LogP contribution in [0.1, 0.15) is 226 Å². The summed E-state index contributed by atoms with van der Waals surface area (Å²) in [5.74, 6) is -0.890. The van der Waals surface area contributed by atoms with Crippen LogP contribution in [0.2, 0.25) is 0 Å². The molecule has 0 aromatic rings. The van der Waals surface area contributed by atoms with Crippen LogP contribution >= 0.6 is 7.82 Å².